The molecule has 0 aliphatic carbocycles. The standard InChI is InChI=1S/C23H25N3O6S/c1-29-8-3-7-26-22(28)20(11-15-5-6-18-19(10-15)32-14-31-18)33-23(26)17(12-24)21(27)25-13-16-4-2-9-30-16/h5-6,10-11,16H,2-4,7-9,13-14H2,1H3,(H,25,27)/b20-11+,23-17-. The number of methoxy groups -OCH3 is 1. The van der Waals surface area contributed by atoms with E-state index >= 15 is 0 Å². The lowest BCUT2D eigenvalue weighted by Gasteiger charge is -2.10. The molecule has 0 radical (unpaired) electrons. The first kappa shape index (κ1) is 23.0. The highest BCUT2D eigenvalue weighted by Crippen LogP contribution is 2.32. The van der Waals surface area contributed by atoms with Crippen molar-refractivity contribution in [2.24, 2.45) is 0 Å². The molecule has 0 spiro atoms. The second-order valence-electron chi connectivity index (χ2n) is 7.66. The number of carbonyl (C=O) groups excluding carboxylic acids is 1. The van der Waals surface area contributed by atoms with Crippen LogP contribution >= 0.6 is 11.3 Å². The largest absolute Gasteiger partial charge is 0.454 e. The molecule has 1 fully saturated rings. The van der Waals surface area contributed by atoms with Gasteiger partial charge in [0, 0.05) is 33.4 Å². The van der Waals surface area contributed by atoms with Crippen LogP contribution in [0.2, 0.25) is 0 Å². The zero-order valence-corrected chi connectivity index (χ0v) is 19.1. The summed E-state index contributed by atoms with van der Waals surface area (Å²) < 4.78 is 23.6. The Morgan fingerprint density at radius 3 is 3.00 bits per heavy atom. The summed E-state index contributed by atoms with van der Waals surface area (Å²) in [6.45, 7) is 1.96. The van der Waals surface area contributed by atoms with E-state index in [9.17, 15) is 14.9 Å². The molecule has 1 atom stereocenters. The van der Waals surface area contributed by atoms with Gasteiger partial charge in [0.2, 0.25) is 6.79 Å². The second-order valence-corrected chi connectivity index (χ2v) is 8.69. The summed E-state index contributed by atoms with van der Waals surface area (Å²) in [5.74, 6) is 0.752. The molecule has 2 aromatic rings. The zero-order valence-electron chi connectivity index (χ0n) is 18.3. The molecule has 1 aromatic carbocycles. The van der Waals surface area contributed by atoms with Gasteiger partial charge in [-0.1, -0.05) is 6.07 Å². The Morgan fingerprint density at radius 1 is 1.39 bits per heavy atom. The number of rotatable bonds is 8. The zero-order chi connectivity index (χ0) is 23.2. The van der Waals surface area contributed by atoms with Gasteiger partial charge >= 0.3 is 0 Å². The molecule has 10 heteroatoms. The van der Waals surface area contributed by atoms with Gasteiger partial charge in [-0.2, -0.15) is 5.26 Å². The lowest BCUT2D eigenvalue weighted by molar-refractivity contribution is -0.116. The minimum absolute atomic E-state index is 0.0453. The Kier molecular flexibility index (Phi) is 7.44. The quantitative estimate of drug-likeness (QED) is 0.557. The maximum Gasteiger partial charge on any atom is 0.269 e. The molecule has 3 heterocycles. The summed E-state index contributed by atoms with van der Waals surface area (Å²) in [5.41, 5.74) is 0.413. The highest BCUT2D eigenvalue weighted by Gasteiger charge is 2.20. The number of aromatic nitrogens is 1. The summed E-state index contributed by atoms with van der Waals surface area (Å²) in [7, 11) is 1.58. The number of hydrogen-bond acceptors (Lipinski definition) is 8. The van der Waals surface area contributed by atoms with E-state index in [-0.39, 0.29) is 24.0 Å². The van der Waals surface area contributed by atoms with E-state index in [4.69, 9.17) is 18.9 Å². The molecule has 1 saturated heterocycles. The Balaban J connectivity index is 1.72. The van der Waals surface area contributed by atoms with Gasteiger partial charge in [0.05, 0.1) is 10.6 Å². The third kappa shape index (κ3) is 5.27. The number of nitriles is 1. The summed E-state index contributed by atoms with van der Waals surface area (Å²) in [6.07, 6.45) is 4.08. The van der Waals surface area contributed by atoms with Crippen LogP contribution in [0.3, 0.4) is 0 Å². The highest BCUT2D eigenvalue weighted by atomic mass is 32.1. The molecule has 2 aliphatic heterocycles. The minimum atomic E-state index is -0.510. The summed E-state index contributed by atoms with van der Waals surface area (Å²) in [5, 5.41) is 12.6. The van der Waals surface area contributed by atoms with Crippen molar-refractivity contribution >= 4 is 28.9 Å². The van der Waals surface area contributed by atoms with E-state index in [2.05, 4.69) is 5.32 Å². The van der Waals surface area contributed by atoms with Gasteiger partial charge in [0.15, 0.2) is 17.1 Å². The molecule has 1 amide bonds. The van der Waals surface area contributed by atoms with Crippen LogP contribution in [0, 0.1) is 11.3 Å². The summed E-state index contributed by atoms with van der Waals surface area (Å²) in [6, 6.07) is 7.39. The van der Waals surface area contributed by atoms with Crippen molar-refractivity contribution in [2.75, 3.05) is 33.7 Å². The van der Waals surface area contributed by atoms with Crippen LogP contribution < -0.4 is 29.5 Å². The number of ether oxygens (including phenoxy) is 4. The van der Waals surface area contributed by atoms with Crippen LogP contribution in [0.1, 0.15) is 24.8 Å². The van der Waals surface area contributed by atoms with Crippen LogP contribution in [0.4, 0.5) is 0 Å². The highest BCUT2D eigenvalue weighted by molar-refractivity contribution is 7.07. The Labute approximate surface area is 194 Å². The first-order valence-corrected chi connectivity index (χ1v) is 11.6. The number of hydrogen-bond donors (Lipinski definition) is 1. The second kappa shape index (κ2) is 10.7. The number of amides is 1. The average molecular weight is 472 g/mol. The fourth-order valence-electron chi connectivity index (χ4n) is 3.73. The molecule has 1 unspecified atom stereocenters. The smallest absolute Gasteiger partial charge is 0.269 e. The minimum Gasteiger partial charge on any atom is -0.454 e. The third-order valence-corrected chi connectivity index (χ3v) is 6.53. The van der Waals surface area contributed by atoms with Crippen molar-refractivity contribution in [2.45, 2.75) is 31.9 Å². The first-order valence-electron chi connectivity index (χ1n) is 10.7. The van der Waals surface area contributed by atoms with Crippen LogP contribution in [0.25, 0.3) is 11.6 Å². The van der Waals surface area contributed by atoms with E-state index in [1.165, 1.54) is 4.57 Å². The van der Waals surface area contributed by atoms with E-state index in [1.54, 1.807) is 25.3 Å². The lowest BCUT2D eigenvalue weighted by Crippen LogP contribution is -2.37. The first-order chi connectivity index (χ1) is 16.1. The fourth-order valence-corrected chi connectivity index (χ4v) is 4.85. The normalized spacial score (nSPS) is 18.3. The Hall–Kier alpha value is -3.13. The Morgan fingerprint density at radius 2 is 2.24 bits per heavy atom. The molecule has 174 valence electrons. The van der Waals surface area contributed by atoms with Crippen LogP contribution in [-0.2, 0) is 20.8 Å². The van der Waals surface area contributed by atoms with Gasteiger partial charge < -0.3 is 24.3 Å². The van der Waals surface area contributed by atoms with E-state index < -0.39 is 5.91 Å². The van der Waals surface area contributed by atoms with Crippen LogP contribution in [-0.4, -0.2) is 50.2 Å². The summed E-state index contributed by atoms with van der Waals surface area (Å²) >= 11 is 1.12. The SMILES string of the molecule is COCCCn1c(=O)/c(=C\c2ccc3c(c2)OCO3)s/c1=C(/C#N)C(=O)NCC1CCCO1. The maximum absolute atomic E-state index is 13.2. The topological polar surface area (TPSA) is 112 Å². The van der Waals surface area contributed by atoms with Gasteiger partial charge in [-0.25, -0.2) is 0 Å². The van der Waals surface area contributed by atoms with Crippen LogP contribution in [0.15, 0.2) is 23.0 Å². The monoisotopic (exact) mass is 471 g/mol. The van der Waals surface area contributed by atoms with Gasteiger partial charge in [0.25, 0.3) is 11.5 Å². The molecule has 1 aromatic heterocycles. The van der Waals surface area contributed by atoms with Gasteiger partial charge in [0.1, 0.15) is 10.7 Å². The lowest BCUT2D eigenvalue weighted by atomic mass is 10.2. The van der Waals surface area contributed by atoms with Crippen molar-refractivity contribution in [3.05, 3.63) is 43.3 Å². The Bertz CT molecular complexity index is 1240. The number of fused-ring (bicyclic) bond motifs is 1. The predicted octanol–water partition coefficient (Wildman–Crippen LogP) is 0.473. The fraction of sp³-hybridized carbons (Fsp3) is 0.435. The van der Waals surface area contributed by atoms with Crippen molar-refractivity contribution in [3.8, 4) is 17.6 Å². The van der Waals surface area contributed by atoms with Crippen molar-refractivity contribution in [3.63, 3.8) is 0 Å². The molecule has 0 bridgehead atoms. The van der Waals surface area contributed by atoms with Crippen LogP contribution in [0.5, 0.6) is 11.5 Å². The molecule has 2 aliphatic rings. The molecular formula is C23H25N3O6S. The van der Waals surface area contributed by atoms with Gasteiger partial charge in [-0.3, -0.25) is 14.2 Å². The van der Waals surface area contributed by atoms with Gasteiger partial charge in [-0.05, 0) is 43.0 Å². The van der Waals surface area contributed by atoms with E-state index in [0.29, 0.717) is 53.4 Å². The number of nitrogens with one attached hydrogen (secondary N) is 1. The van der Waals surface area contributed by atoms with E-state index in [0.717, 1.165) is 29.7 Å². The maximum atomic E-state index is 13.2. The predicted molar refractivity (Wildman–Crippen MR) is 121 cm³/mol. The summed E-state index contributed by atoms with van der Waals surface area (Å²) in [4.78, 5) is 26.0. The molecule has 1 N–H and O–H groups in total. The van der Waals surface area contributed by atoms with Crippen molar-refractivity contribution in [1.82, 2.24) is 9.88 Å². The molecule has 0 saturated carbocycles. The number of carbonyl (C=O) groups is 1. The molecular weight excluding hydrogens is 446 g/mol. The number of thiazole rings is 1. The number of nitrogens with zero attached hydrogens (tertiary/aromatic N) is 2. The molecule has 33 heavy (non-hydrogen) atoms. The van der Waals surface area contributed by atoms with Gasteiger partial charge in [-0.15, -0.1) is 11.3 Å². The average Bonchev–Trinajstić information content (AvgIpc) is 3.56. The molecule has 9 nitrogen and oxygen atoms in total. The molecule has 4 rings (SSSR count). The van der Waals surface area contributed by atoms with Crippen molar-refractivity contribution < 1.29 is 23.7 Å². The van der Waals surface area contributed by atoms with E-state index in [1.807, 2.05) is 12.1 Å². The third-order valence-electron chi connectivity index (χ3n) is 5.40. The number of benzene rings is 1. The van der Waals surface area contributed by atoms with Crippen molar-refractivity contribution in [1.29, 1.82) is 5.26 Å².